The highest BCUT2D eigenvalue weighted by Gasteiger charge is 2.36. The number of methoxy groups -OCH3 is 2. The molecule has 0 fully saturated rings. The van der Waals surface area contributed by atoms with Crippen molar-refractivity contribution in [3.8, 4) is 0 Å². The molecule has 3 rings (SSSR count). The van der Waals surface area contributed by atoms with Gasteiger partial charge in [-0.25, -0.2) is 9.59 Å². The summed E-state index contributed by atoms with van der Waals surface area (Å²) in [6.07, 6.45) is 0.130. The van der Waals surface area contributed by atoms with Crippen LogP contribution >= 0.6 is 11.6 Å². The fraction of sp³-hybridized carbons (Fsp3) is 0.320. The van der Waals surface area contributed by atoms with E-state index in [0.717, 1.165) is 5.56 Å². The van der Waals surface area contributed by atoms with Crippen molar-refractivity contribution in [1.29, 1.82) is 0 Å². The average Bonchev–Trinajstić information content (AvgIpc) is 2.82. The molecule has 0 saturated carbocycles. The van der Waals surface area contributed by atoms with E-state index in [1.54, 1.807) is 55.3 Å². The van der Waals surface area contributed by atoms with Crippen molar-refractivity contribution >= 4 is 29.4 Å². The molecule has 0 saturated heterocycles. The minimum absolute atomic E-state index is 0.0280. The van der Waals surface area contributed by atoms with E-state index in [9.17, 15) is 14.4 Å². The summed E-state index contributed by atoms with van der Waals surface area (Å²) in [6, 6.07) is 13.8. The topological polar surface area (TPSA) is 82.1 Å². The van der Waals surface area contributed by atoms with Crippen LogP contribution in [-0.2, 0) is 30.4 Å². The number of esters is 2. The van der Waals surface area contributed by atoms with Crippen LogP contribution in [0.2, 0.25) is 5.02 Å². The zero-order valence-electron chi connectivity index (χ0n) is 18.8. The normalized spacial score (nSPS) is 16.1. The second-order valence-electron chi connectivity index (χ2n) is 7.61. The molecule has 0 aromatic heterocycles. The first kappa shape index (κ1) is 24.5. The third-order valence-electron chi connectivity index (χ3n) is 5.55. The van der Waals surface area contributed by atoms with Gasteiger partial charge in [0.05, 0.1) is 24.9 Å². The van der Waals surface area contributed by atoms with Gasteiger partial charge < -0.3 is 19.1 Å². The van der Waals surface area contributed by atoms with E-state index in [0.29, 0.717) is 40.6 Å². The second-order valence-corrected chi connectivity index (χ2v) is 8.05. The van der Waals surface area contributed by atoms with Gasteiger partial charge in [0, 0.05) is 36.7 Å². The lowest BCUT2D eigenvalue weighted by atomic mass is 9.83. The minimum atomic E-state index is -0.522. The first-order valence-corrected chi connectivity index (χ1v) is 10.8. The SMILES string of the molecule is COCCN1C(=O)CC(c2ccc(Cl)cc2)C(C(=O)OCc2cccc(C(=O)OC)c2)=C1C. The molecule has 33 heavy (non-hydrogen) atoms. The van der Waals surface area contributed by atoms with Crippen LogP contribution in [0.1, 0.15) is 40.7 Å². The summed E-state index contributed by atoms with van der Waals surface area (Å²) in [7, 11) is 2.86. The van der Waals surface area contributed by atoms with Crippen molar-refractivity contribution in [3.05, 3.63) is 81.5 Å². The number of carbonyl (C=O) groups is 3. The van der Waals surface area contributed by atoms with Crippen molar-refractivity contribution in [2.24, 2.45) is 0 Å². The molecule has 0 spiro atoms. The highest BCUT2D eigenvalue weighted by atomic mass is 35.5. The van der Waals surface area contributed by atoms with Crippen molar-refractivity contribution in [2.45, 2.75) is 25.9 Å². The van der Waals surface area contributed by atoms with Crippen LogP contribution < -0.4 is 0 Å². The van der Waals surface area contributed by atoms with Crippen molar-refractivity contribution < 1.29 is 28.6 Å². The first-order valence-electron chi connectivity index (χ1n) is 10.5. The Kier molecular flexibility index (Phi) is 8.25. The molecule has 2 aromatic carbocycles. The molecule has 1 amide bonds. The lowest BCUT2D eigenvalue weighted by Crippen LogP contribution is -2.40. The lowest BCUT2D eigenvalue weighted by molar-refractivity contribution is -0.141. The molecular weight excluding hydrogens is 446 g/mol. The summed E-state index contributed by atoms with van der Waals surface area (Å²) >= 11 is 6.02. The Hall–Kier alpha value is -3.16. The molecule has 1 atom stereocenters. The molecule has 1 unspecified atom stereocenters. The maximum atomic E-state index is 13.3. The predicted molar refractivity (Wildman–Crippen MR) is 123 cm³/mol. The van der Waals surface area contributed by atoms with Gasteiger partial charge in [-0.3, -0.25) is 4.79 Å². The van der Waals surface area contributed by atoms with Crippen LogP contribution in [0, 0.1) is 0 Å². The van der Waals surface area contributed by atoms with E-state index in [4.69, 9.17) is 25.8 Å². The molecule has 1 aliphatic heterocycles. The fourth-order valence-corrected chi connectivity index (χ4v) is 3.97. The molecule has 0 aliphatic carbocycles. The van der Waals surface area contributed by atoms with Gasteiger partial charge in [-0.2, -0.15) is 0 Å². The average molecular weight is 472 g/mol. The molecule has 1 heterocycles. The van der Waals surface area contributed by atoms with E-state index in [1.807, 2.05) is 12.1 Å². The Morgan fingerprint density at radius 2 is 1.82 bits per heavy atom. The number of hydrogen-bond donors (Lipinski definition) is 0. The Balaban J connectivity index is 1.89. The largest absolute Gasteiger partial charge is 0.465 e. The summed E-state index contributed by atoms with van der Waals surface area (Å²) in [5.41, 5.74) is 2.78. The van der Waals surface area contributed by atoms with Gasteiger partial charge >= 0.3 is 11.9 Å². The third-order valence-corrected chi connectivity index (χ3v) is 5.80. The van der Waals surface area contributed by atoms with E-state index in [1.165, 1.54) is 7.11 Å². The number of amides is 1. The molecule has 0 N–H and O–H groups in total. The molecule has 174 valence electrons. The second kappa shape index (κ2) is 11.1. The summed E-state index contributed by atoms with van der Waals surface area (Å²) < 4.78 is 15.5. The molecule has 0 radical (unpaired) electrons. The number of ether oxygens (including phenoxy) is 3. The Bertz CT molecular complexity index is 1060. The number of hydrogen-bond acceptors (Lipinski definition) is 6. The van der Waals surface area contributed by atoms with Crippen LogP contribution in [0.5, 0.6) is 0 Å². The van der Waals surface area contributed by atoms with Crippen LogP contribution in [0.15, 0.2) is 59.8 Å². The molecule has 8 heteroatoms. The molecular formula is C25H26ClNO6. The maximum Gasteiger partial charge on any atom is 0.337 e. The van der Waals surface area contributed by atoms with Gasteiger partial charge in [-0.15, -0.1) is 0 Å². The molecule has 0 bridgehead atoms. The first-order chi connectivity index (χ1) is 15.8. The van der Waals surface area contributed by atoms with Gasteiger partial charge in [0.25, 0.3) is 0 Å². The Morgan fingerprint density at radius 3 is 2.48 bits per heavy atom. The number of benzene rings is 2. The molecule has 1 aliphatic rings. The number of rotatable bonds is 8. The van der Waals surface area contributed by atoms with Crippen LogP contribution in [0.25, 0.3) is 0 Å². The number of halogens is 1. The summed E-state index contributed by atoms with van der Waals surface area (Å²) in [5, 5.41) is 0.568. The number of nitrogens with zero attached hydrogens (tertiary/aromatic N) is 1. The fourth-order valence-electron chi connectivity index (χ4n) is 3.85. The van der Waals surface area contributed by atoms with Crippen molar-refractivity contribution in [1.82, 2.24) is 4.90 Å². The van der Waals surface area contributed by atoms with E-state index in [-0.39, 0.29) is 18.9 Å². The quantitative estimate of drug-likeness (QED) is 0.539. The summed E-state index contributed by atoms with van der Waals surface area (Å²) in [6.45, 7) is 2.40. The lowest BCUT2D eigenvalue weighted by Gasteiger charge is -2.34. The van der Waals surface area contributed by atoms with Gasteiger partial charge in [0.15, 0.2) is 0 Å². The zero-order chi connectivity index (χ0) is 24.0. The van der Waals surface area contributed by atoms with Gasteiger partial charge in [0.1, 0.15) is 6.61 Å². The minimum Gasteiger partial charge on any atom is -0.465 e. The van der Waals surface area contributed by atoms with Crippen LogP contribution in [0.4, 0.5) is 0 Å². The maximum absolute atomic E-state index is 13.3. The third kappa shape index (κ3) is 5.80. The van der Waals surface area contributed by atoms with E-state index in [2.05, 4.69) is 0 Å². The van der Waals surface area contributed by atoms with Crippen LogP contribution in [0.3, 0.4) is 0 Å². The predicted octanol–water partition coefficient (Wildman–Crippen LogP) is 4.11. The molecule has 7 nitrogen and oxygen atoms in total. The Morgan fingerprint density at radius 1 is 1.09 bits per heavy atom. The van der Waals surface area contributed by atoms with Gasteiger partial charge in [0.2, 0.25) is 5.91 Å². The number of carbonyl (C=O) groups excluding carboxylic acids is 3. The Labute approximate surface area is 197 Å². The van der Waals surface area contributed by atoms with Crippen molar-refractivity contribution in [2.75, 3.05) is 27.4 Å². The number of allylic oxidation sites excluding steroid dienone is 1. The van der Waals surface area contributed by atoms with E-state index >= 15 is 0 Å². The van der Waals surface area contributed by atoms with Crippen LogP contribution in [-0.4, -0.2) is 50.1 Å². The summed E-state index contributed by atoms with van der Waals surface area (Å²) in [4.78, 5) is 39.5. The van der Waals surface area contributed by atoms with Gasteiger partial charge in [-0.05, 0) is 42.3 Å². The highest BCUT2D eigenvalue weighted by Crippen LogP contribution is 2.37. The molecule has 2 aromatic rings. The zero-order valence-corrected chi connectivity index (χ0v) is 19.6. The van der Waals surface area contributed by atoms with Gasteiger partial charge in [-0.1, -0.05) is 35.9 Å². The van der Waals surface area contributed by atoms with E-state index < -0.39 is 17.9 Å². The highest BCUT2D eigenvalue weighted by molar-refractivity contribution is 6.30. The standard InChI is InChI=1S/C25H26ClNO6/c1-16-23(25(30)33-15-17-5-4-6-19(13-17)24(29)32-3)21(18-7-9-20(26)10-8-18)14-22(28)27(16)11-12-31-2/h4-10,13,21H,11-12,14-15H2,1-3H3. The smallest absolute Gasteiger partial charge is 0.337 e. The summed E-state index contributed by atoms with van der Waals surface area (Å²) in [5.74, 6) is -1.54. The monoisotopic (exact) mass is 471 g/mol. The van der Waals surface area contributed by atoms with Crippen molar-refractivity contribution in [3.63, 3.8) is 0 Å².